The Morgan fingerprint density at radius 2 is 2.33 bits per heavy atom. The molecule has 0 saturated heterocycles. The van der Waals surface area contributed by atoms with Crippen LogP contribution in [0.2, 0.25) is 0 Å². The van der Waals surface area contributed by atoms with Crippen molar-refractivity contribution in [3.8, 4) is 0 Å². The number of carbonyl (C=O) groups excluding carboxylic acids is 1. The standard InChI is InChI=1S/C10H11BrN4OS2/c1-15(3-5-2-6(11)17-4-5)10-7(9(13)16)8(12)14-18-10/h2,4H,3H2,1H3,(H2,12,14)(H2,13,16). The van der Waals surface area contributed by atoms with E-state index < -0.39 is 5.91 Å². The van der Waals surface area contributed by atoms with E-state index in [1.807, 2.05) is 18.0 Å². The minimum Gasteiger partial charge on any atom is -0.382 e. The Labute approximate surface area is 121 Å². The van der Waals surface area contributed by atoms with Crippen LogP contribution >= 0.6 is 38.8 Å². The zero-order valence-electron chi connectivity index (χ0n) is 9.51. The molecule has 96 valence electrons. The number of hydrogen-bond acceptors (Lipinski definition) is 6. The number of nitrogens with two attached hydrogens (primary N) is 2. The molecule has 0 aliphatic carbocycles. The maximum atomic E-state index is 11.3. The van der Waals surface area contributed by atoms with Gasteiger partial charge < -0.3 is 16.4 Å². The van der Waals surface area contributed by atoms with Crippen molar-refractivity contribution in [3.63, 3.8) is 0 Å². The lowest BCUT2D eigenvalue weighted by Crippen LogP contribution is -2.20. The van der Waals surface area contributed by atoms with Gasteiger partial charge in [-0.3, -0.25) is 4.79 Å². The van der Waals surface area contributed by atoms with Gasteiger partial charge in [-0.15, -0.1) is 11.3 Å². The number of anilines is 2. The smallest absolute Gasteiger partial charge is 0.255 e. The Morgan fingerprint density at radius 1 is 1.61 bits per heavy atom. The van der Waals surface area contributed by atoms with Gasteiger partial charge >= 0.3 is 0 Å². The molecule has 1 amide bonds. The van der Waals surface area contributed by atoms with Crippen molar-refractivity contribution in [2.75, 3.05) is 17.7 Å². The molecule has 0 radical (unpaired) electrons. The monoisotopic (exact) mass is 346 g/mol. The van der Waals surface area contributed by atoms with Gasteiger partial charge in [-0.25, -0.2) is 0 Å². The van der Waals surface area contributed by atoms with Crippen LogP contribution in [0.1, 0.15) is 15.9 Å². The second-order valence-electron chi connectivity index (χ2n) is 3.73. The quantitative estimate of drug-likeness (QED) is 0.889. The Bertz CT molecular complexity index is 580. The normalized spacial score (nSPS) is 10.6. The van der Waals surface area contributed by atoms with Crippen LogP contribution in [-0.2, 0) is 6.54 Å². The second kappa shape index (κ2) is 5.25. The van der Waals surface area contributed by atoms with Gasteiger partial charge in [0.15, 0.2) is 5.82 Å². The van der Waals surface area contributed by atoms with E-state index in [9.17, 15) is 4.79 Å². The van der Waals surface area contributed by atoms with Crippen LogP contribution in [0, 0.1) is 0 Å². The largest absolute Gasteiger partial charge is 0.382 e. The summed E-state index contributed by atoms with van der Waals surface area (Å²) < 4.78 is 5.05. The third-order valence-corrected chi connectivity index (χ3v) is 4.87. The van der Waals surface area contributed by atoms with Gasteiger partial charge in [0.1, 0.15) is 10.6 Å². The summed E-state index contributed by atoms with van der Waals surface area (Å²) in [7, 11) is 1.88. The minimum absolute atomic E-state index is 0.195. The van der Waals surface area contributed by atoms with E-state index in [-0.39, 0.29) is 5.82 Å². The van der Waals surface area contributed by atoms with Crippen LogP contribution in [0.4, 0.5) is 10.8 Å². The number of amides is 1. The lowest BCUT2D eigenvalue weighted by Gasteiger charge is -2.16. The number of hydrogen-bond donors (Lipinski definition) is 2. The highest BCUT2D eigenvalue weighted by atomic mass is 79.9. The lowest BCUT2D eigenvalue weighted by atomic mass is 10.2. The van der Waals surface area contributed by atoms with Crippen molar-refractivity contribution in [1.29, 1.82) is 0 Å². The Hall–Kier alpha value is -1.12. The van der Waals surface area contributed by atoms with Gasteiger partial charge in [-0.05, 0) is 44.5 Å². The fourth-order valence-corrected chi connectivity index (χ4v) is 3.54. The predicted molar refractivity (Wildman–Crippen MR) is 79.2 cm³/mol. The molecule has 0 saturated carbocycles. The first-order valence-electron chi connectivity index (χ1n) is 4.98. The van der Waals surface area contributed by atoms with Crippen molar-refractivity contribution in [1.82, 2.24) is 4.37 Å². The highest BCUT2D eigenvalue weighted by molar-refractivity contribution is 9.11. The molecule has 0 unspecified atom stereocenters. The molecule has 2 aromatic rings. The summed E-state index contributed by atoms with van der Waals surface area (Å²) in [5, 5.41) is 2.75. The predicted octanol–water partition coefficient (Wildman–Crippen LogP) is 2.28. The first-order chi connectivity index (χ1) is 8.49. The highest BCUT2D eigenvalue weighted by Gasteiger charge is 2.19. The molecule has 0 aliphatic heterocycles. The Kier molecular flexibility index (Phi) is 3.88. The highest BCUT2D eigenvalue weighted by Crippen LogP contribution is 2.31. The summed E-state index contributed by atoms with van der Waals surface area (Å²) in [5.41, 5.74) is 12.4. The van der Waals surface area contributed by atoms with Crippen LogP contribution in [0.5, 0.6) is 0 Å². The van der Waals surface area contributed by atoms with E-state index in [0.717, 1.165) is 9.35 Å². The molecule has 0 spiro atoms. The Balaban J connectivity index is 2.23. The van der Waals surface area contributed by atoms with Crippen molar-refractivity contribution in [2.24, 2.45) is 5.73 Å². The van der Waals surface area contributed by atoms with Crippen molar-refractivity contribution in [3.05, 3.63) is 26.4 Å². The molecule has 5 nitrogen and oxygen atoms in total. The minimum atomic E-state index is -0.547. The summed E-state index contributed by atoms with van der Waals surface area (Å²) in [5.74, 6) is -0.351. The van der Waals surface area contributed by atoms with E-state index in [2.05, 4.69) is 25.7 Å². The van der Waals surface area contributed by atoms with E-state index in [4.69, 9.17) is 11.5 Å². The molecule has 2 rings (SSSR count). The molecule has 0 aliphatic rings. The lowest BCUT2D eigenvalue weighted by molar-refractivity contribution is 0.100. The third-order valence-electron chi connectivity index (χ3n) is 2.34. The van der Waals surface area contributed by atoms with Crippen LogP contribution in [0.25, 0.3) is 0 Å². The zero-order valence-corrected chi connectivity index (χ0v) is 12.7. The van der Waals surface area contributed by atoms with Crippen LogP contribution in [-0.4, -0.2) is 17.3 Å². The van der Waals surface area contributed by atoms with Gasteiger partial charge in [0.05, 0.1) is 3.79 Å². The number of thiophene rings is 1. The summed E-state index contributed by atoms with van der Waals surface area (Å²) in [4.78, 5) is 13.3. The average molecular weight is 347 g/mol. The molecule has 0 aromatic carbocycles. The molecule has 4 N–H and O–H groups in total. The summed E-state index contributed by atoms with van der Waals surface area (Å²) in [6, 6.07) is 2.04. The maximum Gasteiger partial charge on any atom is 0.255 e. The van der Waals surface area contributed by atoms with Crippen molar-refractivity contribution in [2.45, 2.75) is 6.54 Å². The first-order valence-corrected chi connectivity index (χ1v) is 7.42. The molecule has 8 heteroatoms. The number of aromatic nitrogens is 1. The number of halogens is 1. The number of nitrogens with zero attached hydrogens (tertiary/aromatic N) is 2. The van der Waals surface area contributed by atoms with Gasteiger partial charge in [-0.2, -0.15) is 4.37 Å². The molecule has 0 fully saturated rings. The Morgan fingerprint density at radius 3 is 2.89 bits per heavy atom. The van der Waals surface area contributed by atoms with Crippen LogP contribution in [0.15, 0.2) is 15.2 Å². The van der Waals surface area contributed by atoms with Crippen LogP contribution in [0.3, 0.4) is 0 Å². The fraction of sp³-hybridized carbons (Fsp3) is 0.200. The molecule has 0 bridgehead atoms. The third kappa shape index (κ3) is 2.65. The number of primary amides is 1. The van der Waals surface area contributed by atoms with E-state index >= 15 is 0 Å². The summed E-state index contributed by atoms with van der Waals surface area (Å²) in [6.45, 7) is 0.671. The number of carbonyl (C=O) groups is 1. The fourth-order valence-electron chi connectivity index (χ4n) is 1.56. The number of rotatable bonds is 4. The number of nitrogen functional groups attached to an aromatic ring is 1. The summed E-state index contributed by atoms with van der Waals surface area (Å²) in [6.07, 6.45) is 0. The summed E-state index contributed by atoms with van der Waals surface area (Å²) >= 11 is 6.22. The van der Waals surface area contributed by atoms with Gasteiger partial charge in [-0.1, -0.05) is 0 Å². The SMILES string of the molecule is CN(Cc1csc(Br)c1)c1snc(N)c1C(N)=O. The molecule has 2 heterocycles. The first kappa shape index (κ1) is 13.3. The second-order valence-corrected chi connectivity index (χ2v) is 6.77. The molecular weight excluding hydrogens is 336 g/mol. The van der Waals surface area contributed by atoms with E-state index in [0.29, 0.717) is 17.1 Å². The van der Waals surface area contributed by atoms with E-state index in [1.165, 1.54) is 11.5 Å². The van der Waals surface area contributed by atoms with Crippen molar-refractivity contribution < 1.29 is 4.79 Å². The van der Waals surface area contributed by atoms with Crippen molar-refractivity contribution >= 4 is 55.5 Å². The van der Waals surface area contributed by atoms with Gasteiger partial charge in [0.2, 0.25) is 0 Å². The van der Waals surface area contributed by atoms with Crippen LogP contribution < -0.4 is 16.4 Å². The molecule has 18 heavy (non-hydrogen) atoms. The molecular formula is C10H11BrN4OS2. The maximum absolute atomic E-state index is 11.3. The topological polar surface area (TPSA) is 85.2 Å². The molecule has 2 aromatic heterocycles. The zero-order chi connectivity index (χ0) is 13.3. The molecule has 0 atom stereocenters. The van der Waals surface area contributed by atoms with Gasteiger partial charge in [0, 0.05) is 13.6 Å². The van der Waals surface area contributed by atoms with E-state index in [1.54, 1.807) is 11.3 Å². The average Bonchev–Trinajstić information content (AvgIpc) is 2.84. The van der Waals surface area contributed by atoms with Gasteiger partial charge in [0.25, 0.3) is 5.91 Å².